The van der Waals surface area contributed by atoms with Crippen molar-refractivity contribution < 1.29 is 17.9 Å². The maximum absolute atomic E-state index is 12.9. The lowest BCUT2D eigenvalue weighted by atomic mass is 9.83. The van der Waals surface area contributed by atoms with Gasteiger partial charge in [0.25, 0.3) is 0 Å². The van der Waals surface area contributed by atoms with Crippen molar-refractivity contribution in [2.45, 2.75) is 57.6 Å². The van der Waals surface area contributed by atoms with Crippen molar-refractivity contribution in [1.82, 2.24) is 9.62 Å². The molecule has 1 atom stereocenters. The molecule has 3 rings (SSSR count). The maximum Gasteiger partial charge on any atom is 0.223 e. The van der Waals surface area contributed by atoms with Crippen LogP contribution in [-0.4, -0.2) is 43.6 Å². The number of rotatable bonds is 5. The maximum atomic E-state index is 12.9. The van der Waals surface area contributed by atoms with Gasteiger partial charge < -0.3 is 10.1 Å². The standard InChI is InChI=1S/C20H30N2O4S/c1-4-20(5-2)14-17(16-8-6-7-9-18(16)26-20)21-19(23)15-10-12-22(13-11-15)27(3,24)25/h6-9,15,17H,4-5,10-14H2,1-3H3,(H,21,23). The number of para-hydroxylation sites is 1. The van der Waals surface area contributed by atoms with Crippen LogP contribution in [0.2, 0.25) is 0 Å². The van der Waals surface area contributed by atoms with Crippen LogP contribution < -0.4 is 10.1 Å². The fourth-order valence-electron chi connectivity index (χ4n) is 4.17. The van der Waals surface area contributed by atoms with Gasteiger partial charge in [0.05, 0.1) is 12.3 Å². The normalized spacial score (nSPS) is 23.3. The molecule has 150 valence electrons. The molecule has 2 aliphatic heterocycles. The third-order valence-corrected chi connectivity index (χ3v) is 7.40. The van der Waals surface area contributed by atoms with Gasteiger partial charge in [0.1, 0.15) is 11.4 Å². The minimum Gasteiger partial charge on any atom is -0.487 e. The van der Waals surface area contributed by atoms with E-state index in [9.17, 15) is 13.2 Å². The number of sulfonamides is 1. The fraction of sp³-hybridized carbons (Fsp3) is 0.650. The van der Waals surface area contributed by atoms with Crippen LogP contribution in [0.3, 0.4) is 0 Å². The molecule has 1 aromatic rings. The van der Waals surface area contributed by atoms with E-state index in [4.69, 9.17) is 4.74 Å². The summed E-state index contributed by atoms with van der Waals surface area (Å²) >= 11 is 0. The van der Waals surface area contributed by atoms with Crippen molar-refractivity contribution in [3.63, 3.8) is 0 Å². The summed E-state index contributed by atoms with van der Waals surface area (Å²) in [4.78, 5) is 12.9. The van der Waals surface area contributed by atoms with Crippen LogP contribution in [0.1, 0.15) is 57.6 Å². The van der Waals surface area contributed by atoms with Crippen LogP contribution in [0.15, 0.2) is 24.3 Å². The average molecular weight is 395 g/mol. The summed E-state index contributed by atoms with van der Waals surface area (Å²) in [5, 5.41) is 3.23. The zero-order valence-electron chi connectivity index (χ0n) is 16.4. The molecule has 1 N–H and O–H groups in total. The Bertz CT molecular complexity index is 781. The molecule has 2 heterocycles. The molecule has 0 spiro atoms. The lowest BCUT2D eigenvalue weighted by molar-refractivity contribution is -0.127. The smallest absolute Gasteiger partial charge is 0.223 e. The van der Waals surface area contributed by atoms with Gasteiger partial charge in [-0.2, -0.15) is 0 Å². The number of nitrogens with zero attached hydrogens (tertiary/aromatic N) is 1. The molecule has 1 saturated heterocycles. The quantitative estimate of drug-likeness (QED) is 0.833. The van der Waals surface area contributed by atoms with E-state index in [2.05, 4.69) is 19.2 Å². The molecule has 7 heteroatoms. The Morgan fingerprint density at radius 2 is 1.85 bits per heavy atom. The highest BCUT2D eigenvalue weighted by Gasteiger charge is 2.40. The van der Waals surface area contributed by atoms with Crippen molar-refractivity contribution in [3.05, 3.63) is 29.8 Å². The predicted octanol–water partition coefficient (Wildman–Crippen LogP) is 2.86. The molecule has 0 bridgehead atoms. The summed E-state index contributed by atoms with van der Waals surface area (Å²) in [6, 6.07) is 7.84. The monoisotopic (exact) mass is 394 g/mol. The van der Waals surface area contributed by atoms with Crippen molar-refractivity contribution in [2.24, 2.45) is 5.92 Å². The minimum atomic E-state index is -3.18. The highest BCUT2D eigenvalue weighted by atomic mass is 32.2. The summed E-state index contributed by atoms with van der Waals surface area (Å²) in [6.07, 6.45) is 4.88. The first kappa shape index (κ1) is 20.1. The van der Waals surface area contributed by atoms with E-state index in [-0.39, 0.29) is 23.5 Å². The zero-order chi connectivity index (χ0) is 19.7. The van der Waals surface area contributed by atoms with Crippen molar-refractivity contribution in [1.29, 1.82) is 0 Å². The number of amides is 1. The summed E-state index contributed by atoms with van der Waals surface area (Å²) in [5.41, 5.74) is 0.767. The molecule has 1 unspecified atom stereocenters. The third-order valence-electron chi connectivity index (χ3n) is 6.10. The number of ether oxygens (including phenoxy) is 1. The number of benzene rings is 1. The predicted molar refractivity (Wildman–Crippen MR) is 105 cm³/mol. The molecule has 0 aromatic heterocycles. The molecule has 0 saturated carbocycles. The van der Waals surface area contributed by atoms with E-state index in [1.54, 1.807) is 0 Å². The SMILES string of the molecule is CCC1(CC)CC(NC(=O)C2CCN(S(C)(=O)=O)CC2)c2ccccc2O1. The second-order valence-corrected chi connectivity index (χ2v) is 9.71. The topological polar surface area (TPSA) is 75.7 Å². The molecule has 2 aliphatic rings. The van der Waals surface area contributed by atoms with Crippen molar-refractivity contribution >= 4 is 15.9 Å². The van der Waals surface area contributed by atoms with Gasteiger partial charge >= 0.3 is 0 Å². The first-order valence-corrected chi connectivity index (χ1v) is 11.7. The van der Waals surface area contributed by atoms with E-state index in [0.717, 1.165) is 30.6 Å². The molecule has 0 radical (unpaired) electrons. The number of nitrogens with one attached hydrogen (secondary N) is 1. The van der Waals surface area contributed by atoms with Gasteiger partial charge in [0.15, 0.2) is 0 Å². The van der Waals surface area contributed by atoms with Crippen LogP contribution >= 0.6 is 0 Å². The zero-order valence-corrected chi connectivity index (χ0v) is 17.2. The van der Waals surface area contributed by atoms with Gasteiger partial charge in [-0.15, -0.1) is 0 Å². The Labute approximate surface area is 162 Å². The van der Waals surface area contributed by atoms with Crippen LogP contribution in [0.25, 0.3) is 0 Å². The van der Waals surface area contributed by atoms with Crippen LogP contribution in [-0.2, 0) is 14.8 Å². The summed E-state index contributed by atoms with van der Waals surface area (Å²) in [5.74, 6) is 0.728. The van der Waals surface area contributed by atoms with Gasteiger partial charge in [-0.3, -0.25) is 4.79 Å². The number of hydrogen-bond donors (Lipinski definition) is 1. The molecule has 0 aliphatic carbocycles. The highest BCUT2D eigenvalue weighted by molar-refractivity contribution is 7.88. The van der Waals surface area contributed by atoms with Crippen molar-refractivity contribution in [3.8, 4) is 5.75 Å². The first-order valence-electron chi connectivity index (χ1n) is 9.81. The third kappa shape index (κ3) is 4.29. The minimum absolute atomic E-state index is 0.0194. The van der Waals surface area contributed by atoms with E-state index < -0.39 is 10.0 Å². The second kappa shape index (κ2) is 7.80. The Balaban J connectivity index is 1.72. The first-order chi connectivity index (χ1) is 12.8. The number of hydrogen-bond acceptors (Lipinski definition) is 4. The fourth-order valence-corrected chi connectivity index (χ4v) is 5.04. The summed E-state index contributed by atoms with van der Waals surface area (Å²) in [6.45, 7) is 5.07. The van der Waals surface area contributed by atoms with E-state index in [0.29, 0.717) is 25.9 Å². The van der Waals surface area contributed by atoms with E-state index in [1.165, 1.54) is 10.6 Å². The Hall–Kier alpha value is -1.60. The largest absolute Gasteiger partial charge is 0.487 e. The number of piperidine rings is 1. The van der Waals surface area contributed by atoms with Crippen LogP contribution in [0.5, 0.6) is 5.75 Å². The molecular formula is C20H30N2O4S. The Kier molecular flexibility index (Phi) is 5.82. The number of carbonyl (C=O) groups is 1. The number of carbonyl (C=O) groups excluding carboxylic acids is 1. The lowest BCUT2D eigenvalue weighted by Crippen LogP contribution is -2.47. The molecule has 27 heavy (non-hydrogen) atoms. The molecule has 6 nitrogen and oxygen atoms in total. The molecule has 1 fully saturated rings. The van der Waals surface area contributed by atoms with Gasteiger partial charge in [-0.05, 0) is 31.7 Å². The molecule has 1 aromatic carbocycles. The van der Waals surface area contributed by atoms with Crippen LogP contribution in [0, 0.1) is 5.92 Å². The van der Waals surface area contributed by atoms with E-state index >= 15 is 0 Å². The van der Waals surface area contributed by atoms with E-state index in [1.807, 2.05) is 24.3 Å². The second-order valence-electron chi connectivity index (χ2n) is 7.73. The van der Waals surface area contributed by atoms with Gasteiger partial charge in [0, 0.05) is 31.0 Å². The molecular weight excluding hydrogens is 364 g/mol. The summed E-state index contributed by atoms with van der Waals surface area (Å²) < 4.78 is 31.1. The lowest BCUT2D eigenvalue weighted by Gasteiger charge is -2.42. The van der Waals surface area contributed by atoms with Crippen molar-refractivity contribution in [2.75, 3.05) is 19.3 Å². The Morgan fingerprint density at radius 1 is 1.22 bits per heavy atom. The summed E-state index contributed by atoms with van der Waals surface area (Å²) in [7, 11) is -3.18. The number of fused-ring (bicyclic) bond motifs is 1. The highest BCUT2D eigenvalue weighted by Crippen LogP contribution is 2.42. The van der Waals surface area contributed by atoms with Gasteiger partial charge in [-0.1, -0.05) is 32.0 Å². The van der Waals surface area contributed by atoms with Gasteiger partial charge in [0.2, 0.25) is 15.9 Å². The molecule has 1 amide bonds. The average Bonchev–Trinajstić information content (AvgIpc) is 2.67. The Morgan fingerprint density at radius 3 is 2.44 bits per heavy atom. The van der Waals surface area contributed by atoms with Crippen LogP contribution in [0.4, 0.5) is 0 Å². The van der Waals surface area contributed by atoms with Gasteiger partial charge in [-0.25, -0.2) is 12.7 Å².